The van der Waals surface area contributed by atoms with Crippen LogP contribution >= 0.6 is 0 Å². The largest absolute Gasteiger partial charge is 0.389 e. The summed E-state index contributed by atoms with van der Waals surface area (Å²) in [5.41, 5.74) is 2.01. The number of allylic oxidation sites excluding steroid dienone is 1. The standard InChI is InChI=1S/C15H28O/c1-6-13(16)12(2)8-11-15(5)10-7-9-14(15,3)4/h8,13,16H,6-7,9-11H2,1-5H3. The molecule has 0 amide bonds. The third kappa shape index (κ3) is 2.68. The van der Waals surface area contributed by atoms with E-state index in [0.717, 1.165) is 18.4 Å². The molecule has 1 N–H and O–H groups in total. The molecule has 1 rings (SSSR count). The first kappa shape index (κ1) is 13.8. The van der Waals surface area contributed by atoms with Gasteiger partial charge >= 0.3 is 0 Å². The lowest BCUT2D eigenvalue weighted by Crippen LogP contribution is -2.29. The molecule has 94 valence electrons. The van der Waals surface area contributed by atoms with Gasteiger partial charge in [0, 0.05) is 0 Å². The van der Waals surface area contributed by atoms with Gasteiger partial charge in [-0.2, -0.15) is 0 Å². The van der Waals surface area contributed by atoms with Crippen LogP contribution in [0.25, 0.3) is 0 Å². The minimum atomic E-state index is -0.242. The van der Waals surface area contributed by atoms with E-state index in [-0.39, 0.29) is 6.10 Å². The second-order valence-corrected chi connectivity index (χ2v) is 6.37. The molecule has 0 heterocycles. The Kier molecular flexibility index (Phi) is 4.23. The molecule has 0 aromatic carbocycles. The molecule has 0 spiro atoms. The van der Waals surface area contributed by atoms with Crippen LogP contribution in [0.4, 0.5) is 0 Å². The van der Waals surface area contributed by atoms with Crippen LogP contribution in [-0.2, 0) is 0 Å². The molecule has 2 unspecified atom stereocenters. The fourth-order valence-electron chi connectivity index (χ4n) is 2.78. The highest BCUT2D eigenvalue weighted by Crippen LogP contribution is 2.54. The fourth-order valence-corrected chi connectivity index (χ4v) is 2.78. The van der Waals surface area contributed by atoms with Crippen molar-refractivity contribution in [3.05, 3.63) is 11.6 Å². The summed E-state index contributed by atoms with van der Waals surface area (Å²) in [5, 5.41) is 9.75. The Morgan fingerprint density at radius 3 is 2.38 bits per heavy atom. The van der Waals surface area contributed by atoms with Crippen LogP contribution in [-0.4, -0.2) is 11.2 Å². The zero-order valence-electron chi connectivity index (χ0n) is 11.6. The topological polar surface area (TPSA) is 20.2 Å². The number of aliphatic hydroxyl groups is 1. The normalized spacial score (nSPS) is 31.8. The van der Waals surface area contributed by atoms with Crippen molar-refractivity contribution >= 4 is 0 Å². The van der Waals surface area contributed by atoms with E-state index in [1.165, 1.54) is 19.3 Å². The van der Waals surface area contributed by atoms with E-state index < -0.39 is 0 Å². The highest BCUT2D eigenvalue weighted by atomic mass is 16.3. The number of hydrogen-bond acceptors (Lipinski definition) is 1. The highest BCUT2D eigenvalue weighted by molar-refractivity contribution is 5.08. The molecule has 0 aliphatic heterocycles. The van der Waals surface area contributed by atoms with Gasteiger partial charge in [-0.05, 0) is 49.0 Å². The molecule has 0 aromatic rings. The van der Waals surface area contributed by atoms with Gasteiger partial charge in [0.2, 0.25) is 0 Å². The van der Waals surface area contributed by atoms with Gasteiger partial charge in [-0.15, -0.1) is 0 Å². The SMILES string of the molecule is CCC(O)C(C)=CCC1(C)CCCC1(C)C. The second-order valence-electron chi connectivity index (χ2n) is 6.37. The predicted molar refractivity (Wildman–Crippen MR) is 70.4 cm³/mol. The highest BCUT2D eigenvalue weighted by Gasteiger charge is 2.43. The van der Waals surface area contributed by atoms with Crippen LogP contribution in [0.3, 0.4) is 0 Å². The van der Waals surface area contributed by atoms with Crippen molar-refractivity contribution in [3.8, 4) is 0 Å². The Bertz CT molecular complexity index is 265. The summed E-state index contributed by atoms with van der Waals surface area (Å²) in [6, 6.07) is 0. The first-order valence-corrected chi connectivity index (χ1v) is 6.67. The van der Waals surface area contributed by atoms with Crippen molar-refractivity contribution in [1.29, 1.82) is 0 Å². The predicted octanol–water partition coefficient (Wildman–Crippen LogP) is 4.31. The van der Waals surface area contributed by atoms with Crippen LogP contribution in [0.1, 0.15) is 66.7 Å². The van der Waals surface area contributed by atoms with Gasteiger partial charge in [-0.25, -0.2) is 0 Å². The molecular formula is C15H28O. The molecule has 1 nitrogen and oxygen atoms in total. The molecule has 0 saturated heterocycles. The average Bonchev–Trinajstić information content (AvgIpc) is 2.49. The van der Waals surface area contributed by atoms with E-state index in [2.05, 4.69) is 33.8 Å². The summed E-state index contributed by atoms with van der Waals surface area (Å²) in [6.45, 7) is 11.3. The summed E-state index contributed by atoms with van der Waals surface area (Å²) in [7, 11) is 0. The van der Waals surface area contributed by atoms with E-state index in [4.69, 9.17) is 0 Å². The smallest absolute Gasteiger partial charge is 0.0744 e. The summed E-state index contributed by atoms with van der Waals surface area (Å²) >= 11 is 0. The van der Waals surface area contributed by atoms with Crippen LogP contribution in [0.5, 0.6) is 0 Å². The van der Waals surface area contributed by atoms with Crippen molar-refractivity contribution in [3.63, 3.8) is 0 Å². The first-order valence-electron chi connectivity index (χ1n) is 6.67. The van der Waals surface area contributed by atoms with Gasteiger partial charge in [0.25, 0.3) is 0 Å². The summed E-state index contributed by atoms with van der Waals surface area (Å²) in [6.07, 6.45) is 7.98. The van der Waals surface area contributed by atoms with Gasteiger partial charge in [0.1, 0.15) is 0 Å². The van der Waals surface area contributed by atoms with E-state index in [9.17, 15) is 5.11 Å². The molecule has 0 aromatic heterocycles. The lowest BCUT2D eigenvalue weighted by molar-refractivity contribution is 0.134. The van der Waals surface area contributed by atoms with Crippen molar-refractivity contribution < 1.29 is 5.11 Å². The lowest BCUT2D eigenvalue weighted by atomic mass is 9.67. The van der Waals surface area contributed by atoms with Gasteiger partial charge in [0.05, 0.1) is 6.10 Å². The van der Waals surface area contributed by atoms with Crippen molar-refractivity contribution in [1.82, 2.24) is 0 Å². The van der Waals surface area contributed by atoms with Crippen LogP contribution in [0, 0.1) is 10.8 Å². The molecule has 0 radical (unpaired) electrons. The third-order valence-electron chi connectivity index (χ3n) is 4.95. The van der Waals surface area contributed by atoms with E-state index in [1.807, 2.05) is 6.92 Å². The maximum atomic E-state index is 9.75. The van der Waals surface area contributed by atoms with Gasteiger partial charge < -0.3 is 5.11 Å². The van der Waals surface area contributed by atoms with Crippen LogP contribution < -0.4 is 0 Å². The molecule has 2 atom stereocenters. The van der Waals surface area contributed by atoms with Crippen LogP contribution in [0.2, 0.25) is 0 Å². The first-order chi connectivity index (χ1) is 7.32. The fraction of sp³-hybridized carbons (Fsp3) is 0.867. The maximum Gasteiger partial charge on any atom is 0.0744 e. The molecule has 1 aliphatic carbocycles. The zero-order chi connectivity index (χ0) is 12.4. The molecule has 16 heavy (non-hydrogen) atoms. The van der Waals surface area contributed by atoms with E-state index >= 15 is 0 Å². The average molecular weight is 224 g/mol. The molecule has 1 fully saturated rings. The molecule has 1 saturated carbocycles. The monoisotopic (exact) mass is 224 g/mol. The van der Waals surface area contributed by atoms with Gasteiger partial charge in [0.15, 0.2) is 0 Å². The quantitative estimate of drug-likeness (QED) is 0.705. The Morgan fingerprint density at radius 2 is 1.94 bits per heavy atom. The second kappa shape index (κ2) is 4.91. The van der Waals surface area contributed by atoms with Gasteiger partial charge in [-0.3, -0.25) is 0 Å². The third-order valence-corrected chi connectivity index (χ3v) is 4.95. The number of aliphatic hydroxyl groups excluding tert-OH is 1. The lowest BCUT2D eigenvalue weighted by Gasteiger charge is -2.38. The molecule has 1 aliphatic rings. The van der Waals surface area contributed by atoms with Crippen molar-refractivity contribution in [2.45, 2.75) is 72.8 Å². The summed E-state index contributed by atoms with van der Waals surface area (Å²) in [5.74, 6) is 0. The van der Waals surface area contributed by atoms with Crippen molar-refractivity contribution in [2.24, 2.45) is 10.8 Å². The minimum Gasteiger partial charge on any atom is -0.389 e. The molecule has 1 heteroatoms. The molecular weight excluding hydrogens is 196 g/mol. The summed E-state index contributed by atoms with van der Waals surface area (Å²) < 4.78 is 0. The molecule has 0 bridgehead atoms. The van der Waals surface area contributed by atoms with E-state index in [1.54, 1.807) is 0 Å². The zero-order valence-corrected chi connectivity index (χ0v) is 11.6. The Hall–Kier alpha value is -0.300. The van der Waals surface area contributed by atoms with Gasteiger partial charge in [-0.1, -0.05) is 40.2 Å². The Balaban J connectivity index is 2.67. The minimum absolute atomic E-state index is 0.242. The van der Waals surface area contributed by atoms with E-state index in [0.29, 0.717) is 10.8 Å². The van der Waals surface area contributed by atoms with Crippen LogP contribution in [0.15, 0.2) is 11.6 Å². The van der Waals surface area contributed by atoms with Crippen molar-refractivity contribution in [2.75, 3.05) is 0 Å². The Labute approximate surface area is 101 Å². The summed E-state index contributed by atoms with van der Waals surface area (Å²) in [4.78, 5) is 0. The Morgan fingerprint density at radius 1 is 1.31 bits per heavy atom. The number of rotatable bonds is 4. The number of hydrogen-bond donors (Lipinski definition) is 1. The maximum absolute atomic E-state index is 9.75.